The van der Waals surface area contributed by atoms with Crippen molar-refractivity contribution >= 4 is 5.78 Å². The molecule has 0 aromatic carbocycles. The van der Waals surface area contributed by atoms with Crippen molar-refractivity contribution in [2.45, 2.75) is 85.0 Å². The van der Waals surface area contributed by atoms with Crippen molar-refractivity contribution in [3.63, 3.8) is 0 Å². The van der Waals surface area contributed by atoms with Crippen LogP contribution in [-0.2, 0) is 11.2 Å². The summed E-state index contributed by atoms with van der Waals surface area (Å²) in [6.07, 6.45) is 16.1. The van der Waals surface area contributed by atoms with Gasteiger partial charge in [0.1, 0.15) is 11.6 Å². The normalized spacial score (nSPS) is 41.1. The van der Waals surface area contributed by atoms with E-state index in [1.807, 2.05) is 6.20 Å². The van der Waals surface area contributed by atoms with E-state index in [1.165, 1.54) is 51.4 Å². The highest BCUT2D eigenvalue weighted by molar-refractivity contribution is 5.83. The summed E-state index contributed by atoms with van der Waals surface area (Å²) in [7, 11) is 0. The molecule has 1 aromatic heterocycles. The monoisotopic (exact) mass is 370 g/mol. The molecule has 0 saturated heterocycles. The van der Waals surface area contributed by atoms with Crippen LogP contribution in [0, 0.1) is 40.9 Å². The average molecular weight is 371 g/mol. The van der Waals surface area contributed by atoms with E-state index in [0.717, 1.165) is 41.8 Å². The van der Waals surface area contributed by atoms with E-state index in [0.29, 0.717) is 12.2 Å². The number of carbonyl (C=O) groups is 1. The van der Waals surface area contributed by atoms with Gasteiger partial charge in [0, 0.05) is 18.3 Å². The molecule has 7 unspecified atom stereocenters. The zero-order chi connectivity index (χ0) is 19.0. The second-order valence-electron chi connectivity index (χ2n) is 9.99. The molecular weight excluding hydrogens is 332 g/mol. The zero-order valence-corrected chi connectivity index (χ0v) is 17.5. The zero-order valence-electron chi connectivity index (χ0n) is 17.5. The minimum absolute atomic E-state index is 0.237. The molecule has 7 atom stereocenters. The summed E-state index contributed by atoms with van der Waals surface area (Å²) in [5.74, 6) is 6.01. The fourth-order valence-corrected chi connectivity index (χ4v) is 7.74. The van der Waals surface area contributed by atoms with Gasteiger partial charge in [0.15, 0.2) is 0 Å². The number of hydrogen-bond donors (Lipinski definition) is 1. The van der Waals surface area contributed by atoms with Gasteiger partial charge in [0.05, 0.1) is 6.42 Å². The number of Topliss-reactive ketones (excluding diaryl/α,β-unsaturated/α-hetero) is 1. The molecule has 0 bridgehead atoms. The summed E-state index contributed by atoms with van der Waals surface area (Å²) in [5, 5.41) is 0. The number of nitrogens with zero attached hydrogens (tertiary/aromatic N) is 1. The fraction of sp³-hybridized carbons (Fsp3) is 0.833. The van der Waals surface area contributed by atoms with Gasteiger partial charge >= 0.3 is 0 Å². The molecule has 1 heterocycles. The lowest BCUT2D eigenvalue weighted by molar-refractivity contribution is -0.129. The quantitative estimate of drug-likeness (QED) is 0.686. The van der Waals surface area contributed by atoms with Crippen molar-refractivity contribution in [3.8, 4) is 0 Å². The molecule has 0 amide bonds. The van der Waals surface area contributed by atoms with Crippen LogP contribution in [-0.4, -0.2) is 15.8 Å². The summed E-state index contributed by atoms with van der Waals surface area (Å²) < 4.78 is 0. The largest absolute Gasteiger partial charge is 0.348 e. The molecule has 27 heavy (non-hydrogen) atoms. The molecule has 3 nitrogen and oxygen atoms in total. The Morgan fingerprint density at radius 1 is 1.19 bits per heavy atom. The van der Waals surface area contributed by atoms with Crippen molar-refractivity contribution in [3.05, 3.63) is 18.2 Å². The maximum atomic E-state index is 13.1. The third-order valence-electron chi connectivity index (χ3n) is 8.95. The van der Waals surface area contributed by atoms with Crippen LogP contribution >= 0.6 is 0 Å². The summed E-state index contributed by atoms with van der Waals surface area (Å²) in [6, 6.07) is 0. The van der Waals surface area contributed by atoms with E-state index >= 15 is 0 Å². The standard InChI is InChI=1S/C24H38N2O/c1-4-6-17-16(5-2)7-8-19-18(17)11-12-24(3)20(19)9-10-21(24)22(27)15-23-25-13-14-26-23/h13-14,16-21H,4-12,15H2,1-3H3,(H,25,26). The maximum Gasteiger partial charge on any atom is 0.144 e. The number of imidazole rings is 1. The van der Waals surface area contributed by atoms with Gasteiger partial charge in [-0.25, -0.2) is 4.98 Å². The molecule has 1 aromatic rings. The van der Waals surface area contributed by atoms with E-state index in [4.69, 9.17) is 0 Å². The number of aromatic amines is 1. The van der Waals surface area contributed by atoms with E-state index in [2.05, 4.69) is 30.7 Å². The Kier molecular flexibility index (Phi) is 5.49. The first-order valence-electron chi connectivity index (χ1n) is 11.6. The van der Waals surface area contributed by atoms with Gasteiger partial charge in [-0.2, -0.15) is 0 Å². The number of carbonyl (C=O) groups excluding carboxylic acids is 1. The Morgan fingerprint density at radius 3 is 2.74 bits per heavy atom. The lowest BCUT2D eigenvalue weighted by atomic mass is 9.50. The van der Waals surface area contributed by atoms with Gasteiger partial charge in [0.2, 0.25) is 0 Å². The number of H-pyrrole nitrogens is 1. The Bertz CT molecular complexity index is 639. The molecule has 0 spiro atoms. The van der Waals surface area contributed by atoms with Crippen LogP contribution in [0.25, 0.3) is 0 Å². The van der Waals surface area contributed by atoms with E-state index in [1.54, 1.807) is 6.20 Å². The van der Waals surface area contributed by atoms with Crippen molar-refractivity contribution in [2.24, 2.45) is 40.9 Å². The average Bonchev–Trinajstić information content (AvgIpc) is 3.29. The second-order valence-corrected chi connectivity index (χ2v) is 9.99. The van der Waals surface area contributed by atoms with E-state index < -0.39 is 0 Å². The van der Waals surface area contributed by atoms with Crippen LogP contribution in [0.1, 0.15) is 84.4 Å². The van der Waals surface area contributed by atoms with Crippen LogP contribution in [0.2, 0.25) is 0 Å². The lowest BCUT2D eigenvalue weighted by Crippen LogP contribution is -2.48. The lowest BCUT2D eigenvalue weighted by Gasteiger charge is -2.54. The van der Waals surface area contributed by atoms with Crippen molar-refractivity contribution in [2.75, 3.05) is 0 Å². The topological polar surface area (TPSA) is 45.8 Å². The number of ketones is 1. The van der Waals surface area contributed by atoms with Gasteiger partial charge in [-0.15, -0.1) is 0 Å². The molecule has 3 heteroatoms. The molecule has 3 saturated carbocycles. The van der Waals surface area contributed by atoms with Gasteiger partial charge in [-0.05, 0) is 73.5 Å². The summed E-state index contributed by atoms with van der Waals surface area (Å²) in [5.41, 5.74) is 0.237. The van der Waals surface area contributed by atoms with Gasteiger partial charge in [0.25, 0.3) is 0 Å². The molecule has 1 N–H and O–H groups in total. The third-order valence-corrected chi connectivity index (χ3v) is 8.95. The van der Waals surface area contributed by atoms with Gasteiger partial charge in [-0.1, -0.05) is 40.0 Å². The molecule has 0 radical (unpaired) electrons. The molecule has 150 valence electrons. The first-order valence-corrected chi connectivity index (χ1v) is 11.6. The number of nitrogens with one attached hydrogen (secondary N) is 1. The minimum atomic E-state index is 0.237. The molecule has 3 aliphatic rings. The summed E-state index contributed by atoms with van der Waals surface area (Å²) >= 11 is 0. The molecule has 3 aliphatic carbocycles. The van der Waals surface area contributed by atoms with Gasteiger partial charge < -0.3 is 4.98 Å². The SMILES string of the molecule is CCCC1C(CC)CCC2C1CCC1(C)C(C(=O)Cc3ncc[nH]3)CCC21. The van der Waals surface area contributed by atoms with Crippen molar-refractivity contribution in [1.82, 2.24) is 9.97 Å². The second kappa shape index (κ2) is 7.72. The number of hydrogen-bond acceptors (Lipinski definition) is 2. The Morgan fingerprint density at radius 2 is 2.04 bits per heavy atom. The van der Waals surface area contributed by atoms with Crippen LogP contribution in [0.5, 0.6) is 0 Å². The highest BCUT2D eigenvalue weighted by Crippen LogP contribution is 2.63. The third kappa shape index (κ3) is 3.29. The fourth-order valence-electron chi connectivity index (χ4n) is 7.74. The van der Waals surface area contributed by atoms with E-state index in [-0.39, 0.29) is 11.3 Å². The maximum absolute atomic E-state index is 13.1. The summed E-state index contributed by atoms with van der Waals surface area (Å²) in [6.45, 7) is 7.23. The Labute approximate surface area is 165 Å². The Balaban J connectivity index is 1.51. The predicted molar refractivity (Wildman–Crippen MR) is 109 cm³/mol. The van der Waals surface area contributed by atoms with Crippen molar-refractivity contribution < 1.29 is 4.79 Å². The smallest absolute Gasteiger partial charge is 0.144 e. The Hall–Kier alpha value is -1.12. The molecule has 0 aliphatic heterocycles. The van der Waals surface area contributed by atoms with Crippen molar-refractivity contribution in [1.29, 1.82) is 0 Å². The van der Waals surface area contributed by atoms with Crippen LogP contribution in [0.4, 0.5) is 0 Å². The van der Waals surface area contributed by atoms with E-state index in [9.17, 15) is 4.79 Å². The first kappa shape index (κ1) is 19.2. The number of rotatable bonds is 6. The number of aromatic nitrogens is 2. The molecule has 3 fully saturated rings. The highest BCUT2D eigenvalue weighted by atomic mass is 16.1. The van der Waals surface area contributed by atoms with Crippen LogP contribution in [0.15, 0.2) is 12.4 Å². The summed E-state index contributed by atoms with van der Waals surface area (Å²) in [4.78, 5) is 20.6. The van der Waals surface area contributed by atoms with Gasteiger partial charge in [-0.3, -0.25) is 4.79 Å². The minimum Gasteiger partial charge on any atom is -0.348 e. The predicted octanol–water partition coefficient (Wildman–Crippen LogP) is 5.82. The number of fused-ring (bicyclic) bond motifs is 3. The molecular formula is C24H38N2O. The van der Waals surface area contributed by atoms with Crippen LogP contribution in [0.3, 0.4) is 0 Å². The first-order chi connectivity index (χ1) is 13.1. The van der Waals surface area contributed by atoms with Crippen LogP contribution < -0.4 is 0 Å². The highest BCUT2D eigenvalue weighted by Gasteiger charge is 2.57. The molecule has 4 rings (SSSR count).